The minimum absolute atomic E-state index is 0.474. The number of hydrogen-bond acceptors (Lipinski definition) is 7. The van der Waals surface area contributed by atoms with Crippen LogP contribution in [0.3, 0.4) is 0 Å². The summed E-state index contributed by atoms with van der Waals surface area (Å²) in [5.41, 5.74) is 1.93. The first-order valence-electron chi connectivity index (χ1n) is 7.17. The average molecular weight is 327 g/mol. The maximum absolute atomic E-state index is 5.72. The van der Waals surface area contributed by atoms with E-state index in [9.17, 15) is 0 Å². The molecule has 1 aromatic carbocycles. The van der Waals surface area contributed by atoms with Crippen LogP contribution in [-0.4, -0.2) is 25.4 Å². The lowest BCUT2D eigenvalue weighted by atomic mass is 10.2. The van der Waals surface area contributed by atoms with Crippen molar-refractivity contribution in [3.8, 4) is 11.5 Å². The number of benzene rings is 1. The monoisotopic (exact) mass is 327 g/mol. The largest absolute Gasteiger partial charge is 0.424 e. The Morgan fingerprint density at radius 1 is 1.04 bits per heavy atom. The highest BCUT2D eigenvalue weighted by Gasteiger charge is 2.14. The molecule has 1 N–H and O–H groups in total. The molecule has 8 heteroatoms. The maximum Gasteiger partial charge on any atom is 0.277 e. The summed E-state index contributed by atoms with van der Waals surface area (Å²) in [6, 6.07) is 7.98. The number of H-pyrrole nitrogens is 1. The van der Waals surface area contributed by atoms with Gasteiger partial charge in [-0.25, -0.2) is 0 Å². The van der Waals surface area contributed by atoms with E-state index in [4.69, 9.17) is 8.83 Å². The van der Waals surface area contributed by atoms with Crippen molar-refractivity contribution in [1.29, 1.82) is 0 Å². The lowest BCUT2D eigenvalue weighted by Gasteiger charge is -1.92. The number of nitrogens with one attached hydrogen (secondary N) is 1. The van der Waals surface area contributed by atoms with Gasteiger partial charge in [-0.15, -0.1) is 20.4 Å². The molecular formula is C15H13N5O2S. The van der Waals surface area contributed by atoms with E-state index in [0.29, 0.717) is 28.6 Å². The van der Waals surface area contributed by atoms with E-state index in [1.807, 2.05) is 37.4 Å². The van der Waals surface area contributed by atoms with Gasteiger partial charge < -0.3 is 13.8 Å². The van der Waals surface area contributed by atoms with Crippen LogP contribution in [0.25, 0.3) is 22.4 Å². The topological polar surface area (TPSA) is 93.6 Å². The Kier molecular flexibility index (Phi) is 3.58. The van der Waals surface area contributed by atoms with Crippen LogP contribution in [0.1, 0.15) is 18.7 Å². The molecule has 116 valence electrons. The molecule has 0 aliphatic rings. The SMILES string of the molecule is CCc1nnc(CSc2nnc(-c3c[nH]c4ccccc34)o2)o1. The van der Waals surface area contributed by atoms with E-state index in [0.717, 1.165) is 22.9 Å². The van der Waals surface area contributed by atoms with Gasteiger partial charge in [0.1, 0.15) is 0 Å². The smallest absolute Gasteiger partial charge is 0.277 e. The number of nitrogens with zero attached hydrogens (tertiary/aromatic N) is 4. The molecule has 0 amide bonds. The van der Waals surface area contributed by atoms with Gasteiger partial charge in [0.05, 0.1) is 11.3 Å². The van der Waals surface area contributed by atoms with Gasteiger partial charge in [0.25, 0.3) is 11.1 Å². The second-order valence-electron chi connectivity index (χ2n) is 4.85. The molecule has 0 saturated heterocycles. The number of fused-ring (bicyclic) bond motifs is 1. The molecule has 0 bridgehead atoms. The molecule has 7 nitrogen and oxygen atoms in total. The van der Waals surface area contributed by atoms with Crippen molar-refractivity contribution in [3.63, 3.8) is 0 Å². The molecule has 0 aliphatic heterocycles. The van der Waals surface area contributed by atoms with Crippen LogP contribution in [0.2, 0.25) is 0 Å². The summed E-state index contributed by atoms with van der Waals surface area (Å²) in [7, 11) is 0. The van der Waals surface area contributed by atoms with Crippen molar-refractivity contribution in [2.24, 2.45) is 0 Å². The molecule has 0 unspecified atom stereocenters. The highest BCUT2D eigenvalue weighted by Crippen LogP contribution is 2.30. The van der Waals surface area contributed by atoms with Crippen molar-refractivity contribution in [3.05, 3.63) is 42.2 Å². The van der Waals surface area contributed by atoms with Gasteiger partial charge in [0.2, 0.25) is 11.8 Å². The Morgan fingerprint density at radius 2 is 1.91 bits per heavy atom. The maximum atomic E-state index is 5.72. The van der Waals surface area contributed by atoms with Crippen molar-refractivity contribution in [2.75, 3.05) is 0 Å². The number of aryl methyl sites for hydroxylation is 1. The third-order valence-electron chi connectivity index (χ3n) is 3.36. The van der Waals surface area contributed by atoms with E-state index in [-0.39, 0.29) is 0 Å². The number of thioether (sulfide) groups is 1. The van der Waals surface area contributed by atoms with Crippen molar-refractivity contribution in [1.82, 2.24) is 25.4 Å². The van der Waals surface area contributed by atoms with Gasteiger partial charge in [-0.05, 0) is 6.07 Å². The van der Waals surface area contributed by atoms with E-state index in [1.54, 1.807) is 0 Å². The third-order valence-corrected chi connectivity index (χ3v) is 4.16. The van der Waals surface area contributed by atoms with Gasteiger partial charge in [0, 0.05) is 23.5 Å². The lowest BCUT2D eigenvalue weighted by Crippen LogP contribution is -1.80. The summed E-state index contributed by atoms with van der Waals surface area (Å²) in [6.45, 7) is 1.97. The predicted molar refractivity (Wildman–Crippen MR) is 84.8 cm³/mol. The molecule has 4 aromatic rings. The number of hydrogen-bond donors (Lipinski definition) is 1. The van der Waals surface area contributed by atoms with E-state index in [1.165, 1.54) is 11.8 Å². The van der Waals surface area contributed by atoms with Gasteiger partial charge in [-0.3, -0.25) is 0 Å². The first kappa shape index (κ1) is 14.0. The number of para-hydroxylation sites is 1. The fourth-order valence-corrected chi connectivity index (χ4v) is 2.84. The Balaban J connectivity index is 1.52. The molecule has 0 atom stereocenters. The normalized spacial score (nSPS) is 11.3. The molecule has 0 radical (unpaired) electrons. The molecule has 3 heterocycles. The molecule has 4 rings (SSSR count). The summed E-state index contributed by atoms with van der Waals surface area (Å²) in [5, 5.41) is 17.6. The van der Waals surface area contributed by atoms with Crippen LogP contribution in [0.15, 0.2) is 44.5 Å². The molecule has 0 saturated carbocycles. The van der Waals surface area contributed by atoms with Crippen molar-refractivity contribution >= 4 is 22.7 Å². The Labute approximate surface area is 135 Å². The number of aromatic amines is 1. The molecule has 0 fully saturated rings. The summed E-state index contributed by atoms with van der Waals surface area (Å²) in [6.07, 6.45) is 2.60. The van der Waals surface area contributed by atoms with Crippen LogP contribution in [-0.2, 0) is 12.2 Å². The van der Waals surface area contributed by atoms with E-state index >= 15 is 0 Å². The molecule has 0 spiro atoms. The molecule has 3 aromatic heterocycles. The van der Waals surface area contributed by atoms with Crippen molar-refractivity contribution in [2.45, 2.75) is 24.3 Å². The van der Waals surface area contributed by atoms with Gasteiger partial charge >= 0.3 is 0 Å². The zero-order valence-electron chi connectivity index (χ0n) is 12.3. The summed E-state index contributed by atoms with van der Waals surface area (Å²) in [5.74, 6) is 2.18. The number of aromatic nitrogens is 5. The standard InChI is InChI=1S/C15H13N5O2S/c1-2-12-17-18-13(21-12)8-23-15-20-19-14(22-15)10-7-16-11-6-4-3-5-9(10)11/h3-7,16H,2,8H2,1H3. The van der Waals surface area contributed by atoms with Crippen LogP contribution in [0.5, 0.6) is 0 Å². The van der Waals surface area contributed by atoms with Crippen LogP contribution >= 0.6 is 11.8 Å². The second-order valence-corrected chi connectivity index (χ2v) is 5.78. The van der Waals surface area contributed by atoms with Gasteiger partial charge in [0.15, 0.2) is 0 Å². The van der Waals surface area contributed by atoms with Crippen molar-refractivity contribution < 1.29 is 8.83 Å². The van der Waals surface area contributed by atoms with Gasteiger partial charge in [-0.2, -0.15) is 0 Å². The minimum atomic E-state index is 0.474. The van der Waals surface area contributed by atoms with E-state index in [2.05, 4.69) is 25.4 Å². The highest BCUT2D eigenvalue weighted by molar-refractivity contribution is 7.98. The summed E-state index contributed by atoms with van der Waals surface area (Å²) >= 11 is 1.37. The highest BCUT2D eigenvalue weighted by atomic mass is 32.2. The Hall–Kier alpha value is -2.61. The third kappa shape index (κ3) is 2.72. The summed E-state index contributed by atoms with van der Waals surface area (Å²) in [4.78, 5) is 3.20. The second kappa shape index (κ2) is 5.88. The molecular weight excluding hydrogens is 314 g/mol. The zero-order chi connectivity index (χ0) is 15.6. The lowest BCUT2D eigenvalue weighted by molar-refractivity contribution is 0.458. The molecule has 0 aliphatic carbocycles. The van der Waals surface area contributed by atoms with E-state index < -0.39 is 0 Å². The predicted octanol–water partition coefficient (Wildman–Crippen LogP) is 3.46. The van der Waals surface area contributed by atoms with Gasteiger partial charge in [-0.1, -0.05) is 36.9 Å². The fraction of sp³-hybridized carbons (Fsp3) is 0.200. The Morgan fingerprint density at radius 3 is 2.78 bits per heavy atom. The minimum Gasteiger partial charge on any atom is -0.424 e. The zero-order valence-corrected chi connectivity index (χ0v) is 13.1. The molecule has 23 heavy (non-hydrogen) atoms. The fourth-order valence-electron chi connectivity index (χ4n) is 2.24. The first-order valence-corrected chi connectivity index (χ1v) is 8.16. The number of rotatable bonds is 5. The van der Waals surface area contributed by atoms with Crippen LogP contribution in [0, 0.1) is 0 Å². The average Bonchev–Trinajstić information content (AvgIpc) is 3.31. The first-order chi connectivity index (χ1) is 11.3. The van der Waals surface area contributed by atoms with Crippen LogP contribution < -0.4 is 0 Å². The Bertz CT molecular complexity index is 942. The summed E-state index contributed by atoms with van der Waals surface area (Å²) < 4.78 is 11.2. The quantitative estimate of drug-likeness (QED) is 0.561. The van der Waals surface area contributed by atoms with Crippen LogP contribution in [0.4, 0.5) is 0 Å².